The number of ether oxygens (including phenoxy) is 1. The number of hydrogen-bond acceptors (Lipinski definition) is 5. The van der Waals surface area contributed by atoms with E-state index >= 15 is 0 Å². The van der Waals surface area contributed by atoms with Crippen molar-refractivity contribution in [3.63, 3.8) is 0 Å². The first-order valence-corrected chi connectivity index (χ1v) is 10.0. The number of nitrogens with zero attached hydrogens (tertiary/aromatic N) is 4. The second-order valence-electron chi connectivity index (χ2n) is 7.44. The topological polar surface area (TPSA) is 90.5 Å². The Morgan fingerprint density at radius 2 is 1.90 bits per heavy atom. The molecule has 1 aliphatic carbocycles. The van der Waals surface area contributed by atoms with Crippen LogP contribution in [0.3, 0.4) is 0 Å². The van der Waals surface area contributed by atoms with Crippen LogP contribution in [-0.4, -0.2) is 38.5 Å². The molecule has 8 nitrogen and oxygen atoms in total. The van der Waals surface area contributed by atoms with Crippen molar-refractivity contribution in [2.45, 2.75) is 51.1 Å². The molecule has 1 N–H and O–H groups in total. The lowest BCUT2D eigenvalue weighted by atomic mass is 10.1. The van der Waals surface area contributed by atoms with E-state index < -0.39 is 0 Å². The number of rotatable bonds is 5. The number of nitrogens with one attached hydrogen (secondary N) is 1. The molecular formula is C21H25N5O3. The third kappa shape index (κ3) is 4.31. The lowest BCUT2D eigenvalue weighted by molar-refractivity contribution is -0.122. The molecule has 8 heteroatoms. The minimum atomic E-state index is -0.337. The van der Waals surface area contributed by atoms with Gasteiger partial charge in [-0.15, -0.1) is 0 Å². The molecule has 0 unspecified atom stereocenters. The highest BCUT2D eigenvalue weighted by molar-refractivity contribution is 5.76. The maximum Gasteiger partial charge on any atom is 0.293 e. The molecule has 0 saturated heterocycles. The normalized spacial score (nSPS) is 15.2. The first kappa shape index (κ1) is 19.2. The summed E-state index contributed by atoms with van der Waals surface area (Å²) in [4.78, 5) is 25.2. The fourth-order valence-corrected chi connectivity index (χ4v) is 3.79. The lowest BCUT2D eigenvalue weighted by Crippen LogP contribution is -2.39. The van der Waals surface area contributed by atoms with Gasteiger partial charge < -0.3 is 10.1 Å². The average molecular weight is 395 g/mol. The zero-order valence-electron chi connectivity index (χ0n) is 16.5. The van der Waals surface area contributed by atoms with Gasteiger partial charge in [0.25, 0.3) is 5.56 Å². The van der Waals surface area contributed by atoms with Crippen LogP contribution in [0, 0.1) is 0 Å². The summed E-state index contributed by atoms with van der Waals surface area (Å²) in [7, 11) is 1.61. The van der Waals surface area contributed by atoms with Gasteiger partial charge in [-0.05, 0) is 43.2 Å². The van der Waals surface area contributed by atoms with Crippen LogP contribution in [0.15, 0.2) is 41.5 Å². The molecule has 1 saturated carbocycles. The van der Waals surface area contributed by atoms with Crippen LogP contribution >= 0.6 is 0 Å². The molecule has 0 atom stereocenters. The van der Waals surface area contributed by atoms with Crippen molar-refractivity contribution in [1.82, 2.24) is 24.7 Å². The molecule has 1 fully saturated rings. The molecule has 4 rings (SSSR count). The lowest BCUT2D eigenvalue weighted by Gasteiger charge is -2.16. The fraction of sp³-hybridized carbons (Fsp3) is 0.429. The number of carbonyl (C=O) groups is 1. The quantitative estimate of drug-likeness (QED) is 0.670. The van der Waals surface area contributed by atoms with Gasteiger partial charge in [-0.3, -0.25) is 9.59 Å². The predicted molar refractivity (Wildman–Crippen MR) is 109 cm³/mol. The summed E-state index contributed by atoms with van der Waals surface area (Å²) in [5.74, 6) is 0.576. The van der Waals surface area contributed by atoms with Gasteiger partial charge in [0.05, 0.1) is 12.8 Å². The van der Waals surface area contributed by atoms with Crippen LogP contribution in [-0.2, 0) is 11.3 Å². The van der Waals surface area contributed by atoms with Crippen molar-refractivity contribution >= 4 is 11.4 Å². The summed E-state index contributed by atoms with van der Waals surface area (Å²) in [5, 5.41) is 11.6. The molecule has 1 amide bonds. The molecule has 2 heterocycles. The van der Waals surface area contributed by atoms with Gasteiger partial charge in [0.15, 0.2) is 0 Å². The Hall–Kier alpha value is -3.16. The number of carbonyl (C=O) groups excluding carboxylic acids is 1. The van der Waals surface area contributed by atoms with Gasteiger partial charge in [0.1, 0.15) is 24.1 Å². The number of fused-ring (bicyclic) bond motifs is 1. The number of methoxy groups -OCH3 is 1. The van der Waals surface area contributed by atoms with Crippen LogP contribution in [0.1, 0.15) is 38.5 Å². The largest absolute Gasteiger partial charge is 0.497 e. The summed E-state index contributed by atoms with van der Waals surface area (Å²) in [6.07, 6.45) is 8.19. The van der Waals surface area contributed by atoms with E-state index in [0.29, 0.717) is 11.2 Å². The van der Waals surface area contributed by atoms with Crippen LogP contribution < -0.4 is 15.6 Å². The SMILES string of the molecule is COc1ccc(-c2cc3c(=O)n(CC(=O)NC4CCCCCC4)ncn3n2)cc1. The van der Waals surface area contributed by atoms with E-state index in [4.69, 9.17) is 4.74 Å². The Labute approximate surface area is 168 Å². The minimum Gasteiger partial charge on any atom is -0.497 e. The molecule has 0 radical (unpaired) electrons. The second-order valence-corrected chi connectivity index (χ2v) is 7.44. The molecule has 0 aliphatic heterocycles. The Morgan fingerprint density at radius 3 is 2.59 bits per heavy atom. The van der Waals surface area contributed by atoms with Crippen LogP contribution in [0.4, 0.5) is 0 Å². The van der Waals surface area contributed by atoms with Gasteiger partial charge in [0, 0.05) is 11.6 Å². The van der Waals surface area contributed by atoms with Gasteiger partial charge in [-0.25, -0.2) is 9.20 Å². The molecule has 152 valence electrons. The van der Waals surface area contributed by atoms with Crippen molar-refractivity contribution in [3.05, 3.63) is 47.0 Å². The molecule has 1 aliphatic rings. The summed E-state index contributed by atoms with van der Waals surface area (Å²) in [5.41, 5.74) is 1.57. The fourth-order valence-electron chi connectivity index (χ4n) is 3.79. The highest BCUT2D eigenvalue weighted by atomic mass is 16.5. The molecule has 0 bridgehead atoms. The Morgan fingerprint density at radius 1 is 1.17 bits per heavy atom. The zero-order chi connectivity index (χ0) is 20.2. The third-order valence-electron chi connectivity index (χ3n) is 5.39. The Bertz CT molecular complexity index is 1050. The number of aromatic nitrogens is 4. The average Bonchev–Trinajstić information content (AvgIpc) is 3.01. The summed E-state index contributed by atoms with van der Waals surface area (Å²) >= 11 is 0. The van der Waals surface area contributed by atoms with Crippen molar-refractivity contribution < 1.29 is 9.53 Å². The molecule has 2 aromatic heterocycles. The molecule has 3 aromatic rings. The molecule has 1 aromatic carbocycles. The van der Waals surface area contributed by atoms with Crippen molar-refractivity contribution in [2.24, 2.45) is 0 Å². The Balaban J connectivity index is 1.52. The van der Waals surface area contributed by atoms with E-state index in [-0.39, 0.29) is 24.1 Å². The number of amides is 1. The van der Waals surface area contributed by atoms with Crippen molar-refractivity contribution in [2.75, 3.05) is 7.11 Å². The first-order chi connectivity index (χ1) is 14.1. The smallest absolute Gasteiger partial charge is 0.293 e. The van der Waals surface area contributed by atoms with Gasteiger partial charge >= 0.3 is 0 Å². The predicted octanol–water partition coefficient (Wildman–Crippen LogP) is 2.41. The van der Waals surface area contributed by atoms with Gasteiger partial charge in [0.2, 0.25) is 5.91 Å². The van der Waals surface area contributed by atoms with Crippen LogP contribution in [0.5, 0.6) is 5.75 Å². The Kier molecular flexibility index (Phi) is 5.59. The van der Waals surface area contributed by atoms with E-state index in [2.05, 4.69) is 15.5 Å². The second kappa shape index (κ2) is 8.46. The summed E-state index contributed by atoms with van der Waals surface area (Å²) in [6.45, 7) is -0.0884. The maximum atomic E-state index is 12.8. The van der Waals surface area contributed by atoms with Crippen LogP contribution in [0.2, 0.25) is 0 Å². The number of hydrogen-bond donors (Lipinski definition) is 1. The van der Waals surface area contributed by atoms with Crippen molar-refractivity contribution in [3.8, 4) is 17.0 Å². The highest BCUT2D eigenvalue weighted by Gasteiger charge is 2.17. The highest BCUT2D eigenvalue weighted by Crippen LogP contribution is 2.21. The summed E-state index contributed by atoms with van der Waals surface area (Å²) < 4.78 is 7.81. The standard InChI is InChI=1S/C21H25N5O3/c1-29-17-10-8-15(9-11-17)18-12-19-21(28)25(22-14-26(19)24-18)13-20(27)23-16-6-4-2-3-5-7-16/h8-12,14,16H,2-7,13H2,1H3,(H,23,27). The van der Waals surface area contributed by atoms with Crippen molar-refractivity contribution in [1.29, 1.82) is 0 Å². The van der Waals surface area contributed by atoms with E-state index in [0.717, 1.165) is 37.0 Å². The molecular weight excluding hydrogens is 370 g/mol. The van der Waals surface area contributed by atoms with E-state index in [9.17, 15) is 9.59 Å². The number of benzene rings is 1. The third-order valence-corrected chi connectivity index (χ3v) is 5.39. The van der Waals surface area contributed by atoms with Gasteiger partial charge in [-0.1, -0.05) is 25.7 Å². The molecule has 29 heavy (non-hydrogen) atoms. The molecule has 0 spiro atoms. The summed E-state index contributed by atoms with van der Waals surface area (Å²) in [6, 6.07) is 9.35. The first-order valence-electron chi connectivity index (χ1n) is 10.0. The monoisotopic (exact) mass is 395 g/mol. The van der Waals surface area contributed by atoms with Crippen LogP contribution in [0.25, 0.3) is 16.8 Å². The van der Waals surface area contributed by atoms with E-state index in [1.54, 1.807) is 13.2 Å². The van der Waals surface area contributed by atoms with Gasteiger partial charge in [-0.2, -0.15) is 10.2 Å². The maximum absolute atomic E-state index is 12.8. The zero-order valence-corrected chi connectivity index (χ0v) is 16.5. The van der Waals surface area contributed by atoms with E-state index in [1.807, 2.05) is 24.3 Å². The van der Waals surface area contributed by atoms with E-state index in [1.165, 1.54) is 28.4 Å². The minimum absolute atomic E-state index is 0.0884.